The van der Waals surface area contributed by atoms with Crippen LogP contribution in [-0.2, 0) is 19.5 Å². The Morgan fingerprint density at radius 3 is 2.68 bits per heavy atom. The molecule has 0 saturated carbocycles. The van der Waals surface area contributed by atoms with Crippen LogP contribution in [0, 0.1) is 0 Å². The van der Waals surface area contributed by atoms with Crippen LogP contribution in [0.15, 0.2) is 29.2 Å². The maximum absolute atomic E-state index is 12.7. The van der Waals surface area contributed by atoms with Crippen LogP contribution in [0.5, 0.6) is 0 Å². The van der Waals surface area contributed by atoms with Crippen molar-refractivity contribution in [3.8, 4) is 0 Å². The molecular weight excluding hydrogens is 344 g/mol. The summed E-state index contributed by atoms with van der Waals surface area (Å²) in [5.74, 6) is -0.223. The van der Waals surface area contributed by atoms with E-state index in [-0.39, 0.29) is 22.9 Å². The highest BCUT2D eigenvalue weighted by Gasteiger charge is 2.31. The molecule has 0 aliphatic carbocycles. The Balaban J connectivity index is 1.65. The predicted molar refractivity (Wildman–Crippen MR) is 91.9 cm³/mol. The van der Waals surface area contributed by atoms with Gasteiger partial charge in [-0.3, -0.25) is 4.79 Å². The molecule has 1 N–H and O–H groups in total. The van der Waals surface area contributed by atoms with Gasteiger partial charge in [-0.25, -0.2) is 8.42 Å². The van der Waals surface area contributed by atoms with E-state index in [1.54, 1.807) is 12.1 Å². The molecule has 25 heavy (non-hydrogen) atoms. The van der Waals surface area contributed by atoms with E-state index >= 15 is 0 Å². The summed E-state index contributed by atoms with van der Waals surface area (Å²) in [5.41, 5.74) is 0.437. The summed E-state index contributed by atoms with van der Waals surface area (Å²) in [6.07, 6.45) is 2.05. The fraction of sp³-hybridized carbons (Fsp3) is 0.588. The molecule has 1 aromatic rings. The Labute approximate surface area is 148 Å². The summed E-state index contributed by atoms with van der Waals surface area (Å²) in [6, 6.07) is 5.86. The van der Waals surface area contributed by atoms with Gasteiger partial charge < -0.3 is 14.8 Å². The molecule has 138 valence electrons. The smallest absolute Gasteiger partial charge is 0.251 e. The molecule has 2 aliphatic rings. The van der Waals surface area contributed by atoms with E-state index in [9.17, 15) is 13.2 Å². The molecule has 3 rings (SSSR count). The van der Waals surface area contributed by atoms with Crippen LogP contribution in [0.3, 0.4) is 0 Å². The van der Waals surface area contributed by atoms with E-state index in [0.29, 0.717) is 31.9 Å². The predicted octanol–water partition coefficient (Wildman–Crippen LogP) is 1.00. The minimum Gasteiger partial charge on any atom is -0.378 e. The second kappa shape index (κ2) is 7.82. The van der Waals surface area contributed by atoms with Crippen molar-refractivity contribution in [2.45, 2.75) is 36.8 Å². The molecule has 2 fully saturated rings. The largest absolute Gasteiger partial charge is 0.378 e. The molecule has 0 radical (unpaired) electrons. The first kappa shape index (κ1) is 18.3. The maximum Gasteiger partial charge on any atom is 0.251 e. The minimum atomic E-state index is -3.58. The highest BCUT2D eigenvalue weighted by Crippen LogP contribution is 2.21. The van der Waals surface area contributed by atoms with Crippen molar-refractivity contribution >= 4 is 15.9 Å². The molecule has 2 unspecified atom stereocenters. The molecule has 7 nitrogen and oxygen atoms in total. The van der Waals surface area contributed by atoms with Gasteiger partial charge in [0.2, 0.25) is 10.0 Å². The zero-order valence-electron chi connectivity index (χ0n) is 14.3. The number of carbonyl (C=O) groups is 1. The number of hydrogen-bond acceptors (Lipinski definition) is 5. The number of nitrogens with zero attached hydrogens (tertiary/aromatic N) is 1. The van der Waals surface area contributed by atoms with Gasteiger partial charge in [0.15, 0.2) is 0 Å². The van der Waals surface area contributed by atoms with Crippen molar-refractivity contribution in [1.82, 2.24) is 9.62 Å². The Hall–Kier alpha value is -1.48. The number of amides is 1. The number of ether oxygens (including phenoxy) is 2. The van der Waals surface area contributed by atoms with Crippen LogP contribution in [0.25, 0.3) is 0 Å². The van der Waals surface area contributed by atoms with Gasteiger partial charge in [0.25, 0.3) is 5.91 Å². The van der Waals surface area contributed by atoms with E-state index < -0.39 is 10.0 Å². The van der Waals surface area contributed by atoms with Crippen molar-refractivity contribution in [3.05, 3.63) is 29.8 Å². The lowest BCUT2D eigenvalue weighted by Gasteiger charge is -2.32. The van der Waals surface area contributed by atoms with Gasteiger partial charge in [0.1, 0.15) is 0 Å². The molecule has 2 atom stereocenters. The molecule has 2 saturated heterocycles. The Kier molecular flexibility index (Phi) is 5.73. The zero-order chi connectivity index (χ0) is 17.9. The number of rotatable bonds is 5. The Bertz CT molecular complexity index is 698. The summed E-state index contributed by atoms with van der Waals surface area (Å²) >= 11 is 0. The highest BCUT2D eigenvalue weighted by molar-refractivity contribution is 7.89. The standard InChI is InChI=1S/C17H24N2O5S/c1-13-12-23-10-8-19(13)25(21,22)16-6-4-14(5-7-16)17(20)18-11-15-3-2-9-24-15/h4-7,13,15H,2-3,8-12H2,1H3,(H,18,20). The van der Waals surface area contributed by atoms with E-state index in [2.05, 4.69) is 5.32 Å². The van der Waals surface area contributed by atoms with Gasteiger partial charge in [-0.15, -0.1) is 0 Å². The van der Waals surface area contributed by atoms with Gasteiger partial charge >= 0.3 is 0 Å². The number of sulfonamides is 1. The third-order valence-corrected chi connectivity index (χ3v) is 6.57. The third kappa shape index (κ3) is 4.20. The zero-order valence-corrected chi connectivity index (χ0v) is 15.1. The number of benzene rings is 1. The average Bonchev–Trinajstić information content (AvgIpc) is 3.13. The summed E-state index contributed by atoms with van der Waals surface area (Å²) in [7, 11) is -3.58. The van der Waals surface area contributed by atoms with Crippen LogP contribution >= 0.6 is 0 Å². The first-order valence-electron chi connectivity index (χ1n) is 8.58. The lowest BCUT2D eigenvalue weighted by atomic mass is 10.2. The molecule has 8 heteroatoms. The molecule has 0 spiro atoms. The lowest BCUT2D eigenvalue weighted by molar-refractivity contribution is 0.0393. The average molecular weight is 368 g/mol. The van der Waals surface area contributed by atoms with E-state index in [1.165, 1.54) is 16.4 Å². The monoisotopic (exact) mass is 368 g/mol. The second-order valence-corrected chi connectivity index (χ2v) is 8.30. The van der Waals surface area contributed by atoms with Gasteiger partial charge in [-0.1, -0.05) is 0 Å². The Morgan fingerprint density at radius 2 is 2.04 bits per heavy atom. The van der Waals surface area contributed by atoms with Crippen molar-refractivity contribution < 1.29 is 22.7 Å². The topological polar surface area (TPSA) is 84.9 Å². The highest BCUT2D eigenvalue weighted by atomic mass is 32.2. The van der Waals surface area contributed by atoms with Crippen LogP contribution in [0.2, 0.25) is 0 Å². The van der Waals surface area contributed by atoms with Crippen molar-refractivity contribution in [2.75, 3.05) is 32.9 Å². The minimum absolute atomic E-state index is 0.0754. The van der Waals surface area contributed by atoms with E-state index in [0.717, 1.165) is 19.4 Å². The second-order valence-electron chi connectivity index (χ2n) is 6.41. The van der Waals surface area contributed by atoms with E-state index in [1.807, 2.05) is 6.92 Å². The number of morpholine rings is 1. The number of nitrogens with one attached hydrogen (secondary N) is 1. The summed E-state index contributed by atoms with van der Waals surface area (Å²) in [4.78, 5) is 12.4. The van der Waals surface area contributed by atoms with Crippen LogP contribution in [-0.4, -0.2) is 63.7 Å². The van der Waals surface area contributed by atoms with Crippen LogP contribution in [0.1, 0.15) is 30.1 Å². The fourth-order valence-electron chi connectivity index (χ4n) is 3.10. The molecule has 0 bridgehead atoms. The first-order valence-corrected chi connectivity index (χ1v) is 10.0. The van der Waals surface area contributed by atoms with Gasteiger partial charge in [0.05, 0.1) is 24.2 Å². The maximum atomic E-state index is 12.7. The van der Waals surface area contributed by atoms with Crippen LogP contribution in [0.4, 0.5) is 0 Å². The molecule has 1 aromatic carbocycles. The molecule has 0 aromatic heterocycles. The van der Waals surface area contributed by atoms with Crippen molar-refractivity contribution in [2.24, 2.45) is 0 Å². The summed E-state index contributed by atoms with van der Waals surface area (Å²) in [6.45, 7) is 4.17. The Morgan fingerprint density at radius 1 is 1.28 bits per heavy atom. The van der Waals surface area contributed by atoms with E-state index in [4.69, 9.17) is 9.47 Å². The molecule has 2 heterocycles. The first-order chi connectivity index (χ1) is 12.0. The normalized spacial score (nSPS) is 25.0. The molecule has 1 amide bonds. The van der Waals surface area contributed by atoms with Crippen LogP contribution < -0.4 is 5.32 Å². The third-order valence-electron chi connectivity index (χ3n) is 4.54. The van der Waals surface area contributed by atoms with Gasteiger partial charge in [0, 0.05) is 31.3 Å². The van der Waals surface area contributed by atoms with Crippen molar-refractivity contribution in [1.29, 1.82) is 0 Å². The fourth-order valence-corrected chi connectivity index (χ4v) is 4.70. The number of hydrogen-bond donors (Lipinski definition) is 1. The molecular formula is C17H24N2O5S. The van der Waals surface area contributed by atoms with Gasteiger partial charge in [-0.05, 0) is 44.0 Å². The lowest BCUT2D eigenvalue weighted by Crippen LogP contribution is -2.46. The summed E-state index contributed by atoms with van der Waals surface area (Å²) in [5, 5.41) is 2.83. The van der Waals surface area contributed by atoms with Crippen molar-refractivity contribution in [3.63, 3.8) is 0 Å². The number of carbonyl (C=O) groups excluding carboxylic acids is 1. The SMILES string of the molecule is CC1COCCN1S(=O)(=O)c1ccc(C(=O)NCC2CCCO2)cc1. The summed E-state index contributed by atoms with van der Waals surface area (Å²) < 4.78 is 37.7. The quantitative estimate of drug-likeness (QED) is 0.838. The van der Waals surface area contributed by atoms with Gasteiger partial charge in [-0.2, -0.15) is 4.31 Å². The molecule has 2 aliphatic heterocycles.